The lowest BCUT2D eigenvalue weighted by atomic mass is 10.3. The van der Waals surface area contributed by atoms with Crippen molar-refractivity contribution in [1.82, 2.24) is 9.97 Å². The monoisotopic (exact) mass is 196 g/mol. The number of H-pyrrole nitrogens is 1. The van der Waals surface area contributed by atoms with Crippen molar-refractivity contribution in [2.24, 2.45) is 0 Å². The van der Waals surface area contributed by atoms with Gasteiger partial charge in [0.05, 0.1) is 0 Å². The first kappa shape index (κ1) is 11.7. The molecule has 13 heavy (non-hydrogen) atoms. The Bertz CT molecular complexity index is 230. The topological polar surface area (TPSA) is 28.7 Å². The summed E-state index contributed by atoms with van der Waals surface area (Å²) in [7, 11) is -6.00. The Morgan fingerprint density at radius 1 is 1.54 bits per heavy atom. The molecule has 1 aromatic rings. The maximum Gasteiger partial charge on any atom is 1.00 e. The Labute approximate surface area is 74.3 Å². The van der Waals surface area contributed by atoms with Crippen LogP contribution in [0.4, 0.5) is 17.3 Å². The van der Waals surface area contributed by atoms with E-state index in [1.165, 1.54) is 0 Å². The van der Waals surface area contributed by atoms with Crippen molar-refractivity contribution in [1.29, 1.82) is 0 Å². The number of allylic oxidation sites excluding steroid dienone is 1. The Balaban J connectivity index is 0. The largest absolute Gasteiger partial charge is 1.00 e. The minimum absolute atomic E-state index is 0. The average Bonchev–Trinajstić information content (AvgIpc) is 2.36. The third-order valence-electron chi connectivity index (χ3n) is 0.893. The second kappa shape index (κ2) is 5.39. The second-order valence-electron chi connectivity index (χ2n) is 2.02. The van der Waals surface area contributed by atoms with Gasteiger partial charge in [0.1, 0.15) is 5.82 Å². The molecule has 0 aromatic carbocycles. The number of aromatic nitrogens is 2. The molecule has 1 aromatic heterocycles. The molecule has 0 aliphatic heterocycles. The van der Waals surface area contributed by atoms with E-state index in [2.05, 4.69) is 16.5 Å². The Morgan fingerprint density at radius 3 is 2.38 bits per heavy atom. The molecule has 0 spiro atoms. The van der Waals surface area contributed by atoms with Crippen molar-refractivity contribution in [3.05, 3.63) is 30.9 Å². The molecule has 1 rings (SSSR count). The molecule has 0 aliphatic carbocycles. The molecular weight excluding hydrogens is 187 g/mol. The third-order valence-corrected chi connectivity index (χ3v) is 0.893. The van der Waals surface area contributed by atoms with Crippen LogP contribution in [0.3, 0.4) is 0 Å². The molecule has 0 aliphatic rings. The molecule has 0 unspecified atom stereocenters. The van der Waals surface area contributed by atoms with E-state index in [1.807, 2.05) is 6.08 Å². The average molecular weight is 196 g/mol. The van der Waals surface area contributed by atoms with E-state index < -0.39 is 7.25 Å². The summed E-state index contributed by atoms with van der Waals surface area (Å²) >= 11 is 0. The normalized spacial score (nSPS) is 10.2. The molecule has 0 bridgehead atoms. The lowest BCUT2D eigenvalue weighted by Crippen LogP contribution is -2.02. The first-order chi connectivity index (χ1) is 5.93. The maximum absolute atomic E-state index is 9.75. The molecular formula is C6H9BF4N2. The number of aromatic amines is 1. The van der Waals surface area contributed by atoms with Gasteiger partial charge in [0.15, 0.2) is 0 Å². The third kappa shape index (κ3) is 10.7. The maximum atomic E-state index is 9.75. The van der Waals surface area contributed by atoms with Gasteiger partial charge in [-0.05, 0) is 0 Å². The molecule has 0 radical (unpaired) electrons. The number of nitrogens with zero attached hydrogens (tertiary/aromatic N) is 1. The fourth-order valence-corrected chi connectivity index (χ4v) is 0.546. The van der Waals surface area contributed by atoms with Gasteiger partial charge in [-0.1, -0.05) is 6.08 Å². The summed E-state index contributed by atoms with van der Waals surface area (Å²) in [5.74, 6) is 0.972. The fourth-order valence-electron chi connectivity index (χ4n) is 0.546. The Hall–Kier alpha value is -1.27. The molecule has 0 saturated carbocycles. The summed E-state index contributed by atoms with van der Waals surface area (Å²) in [6.07, 6.45) is 6.18. The number of hydrogen-bond donors (Lipinski definition) is 1. The molecule has 2 nitrogen and oxygen atoms in total. The second-order valence-corrected chi connectivity index (χ2v) is 2.02. The molecule has 0 atom stereocenters. The van der Waals surface area contributed by atoms with Crippen LogP contribution in [0.1, 0.15) is 7.25 Å². The zero-order valence-corrected chi connectivity index (χ0v) is 6.68. The Kier molecular flexibility index (Phi) is 4.87. The SMILES string of the molecule is C=CCc1ncc[nH]1.F[B-](F)(F)F.[H+]. The van der Waals surface area contributed by atoms with Gasteiger partial charge in [-0.25, -0.2) is 4.98 Å². The van der Waals surface area contributed by atoms with Gasteiger partial charge < -0.3 is 22.2 Å². The molecule has 1 N–H and O–H groups in total. The summed E-state index contributed by atoms with van der Waals surface area (Å²) in [5.41, 5.74) is 0. The molecule has 1 heterocycles. The van der Waals surface area contributed by atoms with E-state index in [1.54, 1.807) is 12.4 Å². The highest BCUT2D eigenvalue weighted by molar-refractivity contribution is 6.50. The van der Waals surface area contributed by atoms with Gasteiger partial charge in [0, 0.05) is 18.8 Å². The highest BCUT2D eigenvalue weighted by Gasteiger charge is 2.20. The van der Waals surface area contributed by atoms with Crippen LogP contribution in [0, 0.1) is 0 Å². The van der Waals surface area contributed by atoms with Crippen molar-refractivity contribution in [2.45, 2.75) is 6.42 Å². The lowest BCUT2D eigenvalue weighted by molar-refractivity contribution is 0.368. The predicted octanol–water partition coefficient (Wildman–Crippen LogP) is 2.55. The van der Waals surface area contributed by atoms with Gasteiger partial charge in [0.25, 0.3) is 0 Å². The summed E-state index contributed by atoms with van der Waals surface area (Å²) < 4.78 is 39.0. The fraction of sp³-hybridized carbons (Fsp3) is 0.167. The van der Waals surface area contributed by atoms with Gasteiger partial charge in [-0.3, -0.25) is 0 Å². The van der Waals surface area contributed by atoms with Crippen molar-refractivity contribution in [3.63, 3.8) is 0 Å². The lowest BCUT2D eigenvalue weighted by Gasteiger charge is -1.94. The van der Waals surface area contributed by atoms with Crippen LogP contribution in [-0.2, 0) is 6.42 Å². The number of nitrogens with one attached hydrogen (secondary N) is 1. The van der Waals surface area contributed by atoms with Crippen molar-refractivity contribution in [3.8, 4) is 0 Å². The van der Waals surface area contributed by atoms with Gasteiger partial charge in [0.2, 0.25) is 0 Å². The molecule has 0 saturated heterocycles. The zero-order valence-electron chi connectivity index (χ0n) is 7.68. The van der Waals surface area contributed by atoms with Crippen molar-refractivity contribution >= 4 is 7.25 Å². The standard InChI is InChI=1S/C6H8N2.BF4/c1-2-3-6-7-4-5-8-6;2-1(3,4)5/h2,4-5H,1,3H2,(H,7,8);/q;-1/p+1. The highest BCUT2D eigenvalue weighted by atomic mass is 19.5. The number of rotatable bonds is 2. The molecule has 74 valence electrons. The molecule has 0 fully saturated rings. The van der Waals surface area contributed by atoms with Crippen LogP contribution in [0.25, 0.3) is 0 Å². The first-order valence-electron chi connectivity index (χ1n) is 3.40. The molecule has 7 heteroatoms. The summed E-state index contributed by atoms with van der Waals surface area (Å²) in [4.78, 5) is 6.93. The quantitative estimate of drug-likeness (QED) is 0.439. The van der Waals surface area contributed by atoms with Gasteiger partial charge in [-0.2, -0.15) is 0 Å². The smallest absolute Gasteiger partial charge is 0.418 e. The number of imidazole rings is 1. The number of halogens is 4. The van der Waals surface area contributed by atoms with E-state index in [9.17, 15) is 17.3 Å². The van der Waals surface area contributed by atoms with E-state index in [-0.39, 0.29) is 1.43 Å². The summed E-state index contributed by atoms with van der Waals surface area (Å²) in [5, 5.41) is 0. The van der Waals surface area contributed by atoms with Gasteiger partial charge in [-0.15, -0.1) is 6.58 Å². The van der Waals surface area contributed by atoms with E-state index >= 15 is 0 Å². The van der Waals surface area contributed by atoms with Crippen LogP contribution in [0.15, 0.2) is 25.0 Å². The minimum atomic E-state index is -6.00. The van der Waals surface area contributed by atoms with Crippen LogP contribution < -0.4 is 0 Å². The van der Waals surface area contributed by atoms with Crippen LogP contribution >= 0.6 is 0 Å². The van der Waals surface area contributed by atoms with Crippen LogP contribution in [0.2, 0.25) is 0 Å². The van der Waals surface area contributed by atoms with E-state index in [4.69, 9.17) is 0 Å². The van der Waals surface area contributed by atoms with Crippen molar-refractivity contribution in [2.75, 3.05) is 0 Å². The summed E-state index contributed by atoms with van der Waals surface area (Å²) in [6.45, 7) is 3.58. The van der Waals surface area contributed by atoms with E-state index in [0.717, 1.165) is 12.2 Å². The van der Waals surface area contributed by atoms with Crippen LogP contribution in [0.5, 0.6) is 0 Å². The Morgan fingerprint density at radius 2 is 2.08 bits per heavy atom. The summed E-state index contributed by atoms with van der Waals surface area (Å²) in [6, 6.07) is 0. The van der Waals surface area contributed by atoms with E-state index in [0.29, 0.717) is 0 Å². The van der Waals surface area contributed by atoms with Gasteiger partial charge >= 0.3 is 8.68 Å². The number of hydrogen-bond acceptors (Lipinski definition) is 1. The molecule has 0 amide bonds. The van der Waals surface area contributed by atoms with Crippen LogP contribution in [-0.4, -0.2) is 17.2 Å². The van der Waals surface area contributed by atoms with Crippen molar-refractivity contribution < 1.29 is 18.7 Å². The minimum Gasteiger partial charge on any atom is -0.418 e. The highest BCUT2D eigenvalue weighted by Crippen LogP contribution is 2.06. The predicted molar refractivity (Wildman–Crippen MR) is 43.8 cm³/mol. The zero-order chi connectivity index (χ0) is 10.3. The first-order valence-corrected chi connectivity index (χ1v) is 3.40.